The van der Waals surface area contributed by atoms with Crippen LogP contribution in [0.4, 0.5) is 5.69 Å². The predicted molar refractivity (Wildman–Crippen MR) is 138 cm³/mol. The van der Waals surface area contributed by atoms with Crippen molar-refractivity contribution in [3.05, 3.63) is 71.3 Å². The number of hydrogen-bond acceptors (Lipinski definition) is 6. The largest absolute Gasteiger partial charge is 0.490 e. The maximum Gasteiger partial charge on any atom is 0.237 e. The van der Waals surface area contributed by atoms with Gasteiger partial charge < -0.3 is 20.9 Å². The van der Waals surface area contributed by atoms with Crippen LogP contribution in [0.15, 0.2) is 54.6 Å². The first kappa shape index (κ1) is 23.6. The van der Waals surface area contributed by atoms with Gasteiger partial charge >= 0.3 is 0 Å². The quantitative estimate of drug-likeness (QED) is 0.295. The van der Waals surface area contributed by atoms with Crippen molar-refractivity contribution < 1.29 is 18.3 Å². The molecule has 2 heterocycles. The van der Waals surface area contributed by atoms with Crippen LogP contribution >= 0.6 is 0 Å². The van der Waals surface area contributed by atoms with Gasteiger partial charge in [-0.25, -0.2) is 8.42 Å². The van der Waals surface area contributed by atoms with Crippen LogP contribution in [0.3, 0.4) is 0 Å². The van der Waals surface area contributed by atoms with Gasteiger partial charge in [0.25, 0.3) is 0 Å². The van der Waals surface area contributed by atoms with Gasteiger partial charge in [0, 0.05) is 12.0 Å². The standard InChI is InChI=1S/C26H30N4O4S/c27-26(28)19-4-2-17-1-3-18(13-20(17)14-19)25-16-21-15-23(34-22-7-9-29-10-8-22)5-6-24(21)30(25)35(32,33)12-11-31/h1-6,13-15,22,25,29,31H,7-12,16H2,(H3,27,28). The second-order valence-corrected chi connectivity index (χ2v) is 11.1. The van der Waals surface area contributed by atoms with E-state index < -0.39 is 22.7 Å². The fourth-order valence-electron chi connectivity index (χ4n) is 5.03. The fourth-order valence-corrected chi connectivity index (χ4v) is 6.52. The van der Waals surface area contributed by atoms with Crippen molar-refractivity contribution in [3.63, 3.8) is 0 Å². The molecule has 0 spiro atoms. The molecule has 8 nitrogen and oxygen atoms in total. The molecule has 9 heteroatoms. The second-order valence-electron chi connectivity index (χ2n) is 9.15. The molecular weight excluding hydrogens is 464 g/mol. The van der Waals surface area contributed by atoms with Crippen LogP contribution in [0.25, 0.3) is 10.8 Å². The number of piperidine rings is 1. The van der Waals surface area contributed by atoms with Gasteiger partial charge in [-0.05, 0) is 78.2 Å². The highest BCUT2D eigenvalue weighted by Crippen LogP contribution is 2.44. The number of ether oxygens (including phenoxy) is 1. The molecule has 0 radical (unpaired) electrons. The first-order chi connectivity index (χ1) is 16.9. The summed E-state index contributed by atoms with van der Waals surface area (Å²) in [5.74, 6) is 0.387. The average Bonchev–Trinajstić information content (AvgIpc) is 3.24. The van der Waals surface area contributed by atoms with Crippen molar-refractivity contribution in [2.45, 2.75) is 31.4 Å². The van der Waals surface area contributed by atoms with Gasteiger partial charge in [0.15, 0.2) is 0 Å². The summed E-state index contributed by atoms with van der Waals surface area (Å²) in [5, 5.41) is 22.4. The lowest BCUT2D eigenvalue weighted by atomic mass is 9.98. The highest BCUT2D eigenvalue weighted by Gasteiger charge is 2.38. The molecule has 35 heavy (non-hydrogen) atoms. The number of sulfonamides is 1. The Balaban J connectivity index is 1.53. The van der Waals surface area contributed by atoms with Gasteiger partial charge in [-0.2, -0.15) is 0 Å². The van der Waals surface area contributed by atoms with Gasteiger partial charge in [0.05, 0.1) is 24.1 Å². The summed E-state index contributed by atoms with van der Waals surface area (Å²) >= 11 is 0. The van der Waals surface area contributed by atoms with E-state index in [1.807, 2.05) is 48.5 Å². The first-order valence-corrected chi connectivity index (χ1v) is 13.5. The van der Waals surface area contributed by atoms with E-state index in [2.05, 4.69) is 5.32 Å². The normalized spacial score (nSPS) is 18.5. The number of nitrogen functional groups attached to an aromatic ring is 1. The summed E-state index contributed by atoms with van der Waals surface area (Å²) in [7, 11) is -3.76. The predicted octanol–water partition coefficient (Wildman–Crippen LogP) is 2.68. The maximum absolute atomic E-state index is 13.3. The zero-order chi connectivity index (χ0) is 24.6. The summed E-state index contributed by atoms with van der Waals surface area (Å²) < 4.78 is 34.2. The highest BCUT2D eigenvalue weighted by molar-refractivity contribution is 7.92. The van der Waals surface area contributed by atoms with Gasteiger partial charge in [-0.3, -0.25) is 9.71 Å². The zero-order valence-electron chi connectivity index (χ0n) is 19.4. The third-order valence-corrected chi connectivity index (χ3v) is 8.53. The van der Waals surface area contributed by atoms with E-state index in [4.69, 9.17) is 15.9 Å². The number of aliphatic hydroxyl groups excluding tert-OH is 1. The molecule has 0 aliphatic carbocycles. The minimum Gasteiger partial charge on any atom is -0.490 e. The average molecular weight is 495 g/mol. The van der Waals surface area contributed by atoms with Gasteiger partial charge in [0.2, 0.25) is 10.0 Å². The molecule has 1 atom stereocenters. The molecule has 3 aromatic rings. The number of benzene rings is 3. The summed E-state index contributed by atoms with van der Waals surface area (Å²) in [6.07, 6.45) is 2.53. The van der Waals surface area contributed by atoms with E-state index in [0.29, 0.717) is 17.7 Å². The lowest BCUT2D eigenvalue weighted by Crippen LogP contribution is -2.35. The summed E-state index contributed by atoms with van der Waals surface area (Å²) in [6, 6.07) is 16.6. The van der Waals surface area contributed by atoms with E-state index in [1.165, 1.54) is 4.31 Å². The number of nitrogens with two attached hydrogens (primary N) is 1. The van der Waals surface area contributed by atoms with E-state index >= 15 is 0 Å². The Hall–Kier alpha value is -3.14. The highest BCUT2D eigenvalue weighted by atomic mass is 32.2. The van der Waals surface area contributed by atoms with Crippen LogP contribution in [0.2, 0.25) is 0 Å². The van der Waals surface area contributed by atoms with Gasteiger partial charge in [-0.15, -0.1) is 0 Å². The molecule has 3 aromatic carbocycles. The van der Waals surface area contributed by atoms with Crippen molar-refractivity contribution in [1.82, 2.24) is 5.32 Å². The van der Waals surface area contributed by atoms with E-state index in [1.54, 1.807) is 6.07 Å². The molecule has 184 valence electrons. The smallest absolute Gasteiger partial charge is 0.237 e. The van der Waals surface area contributed by atoms with E-state index in [9.17, 15) is 13.5 Å². The van der Waals surface area contributed by atoms with E-state index in [-0.39, 0.29) is 17.7 Å². The van der Waals surface area contributed by atoms with Gasteiger partial charge in [-0.1, -0.05) is 24.3 Å². The molecule has 0 bridgehead atoms. The van der Waals surface area contributed by atoms with Crippen molar-refractivity contribution in [2.75, 3.05) is 29.8 Å². The van der Waals surface area contributed by atoms with Crippen molar-refractivity contribution in [1.29, 1.82) is 5.41 Å². The molecule has 5 N–H and O–H groups in total. The number of aliphatic hydroxyl groups is 1. The lowest BCUT2D eigenvalue weighted by Gasteiger charge is -2.27. The maximum atomic E-state index is 13.3. The van der Waals surface area contributed by atoms with Crippen LogP contribution in [0, 0.1) is 5.41 Å². The minimum atomic E-state index is -3.76. The Morgan fingerprint density at radius 3 is 2.60 bits per heavy atom. The number of fused-ring (bicyclic) bond motifs is 2. The van der Waals surface area contributed by atoms with Gasteiger partial charge in [0.1, 0.15) is 17.7 Å². The number of hydrogen-bond donors (Lipinski definition) is 4. The lowest BCUT2D eigenvalue weighted by molar-refractivity contribution is 0.162. The molecule has 0 amide bonds. The monoisotopic (exact) mass is 494 g/mol. The molecule has 1 unspecified atom stereocenters. The molecular formula is C26H30N4O4S. The van der Waals surface area contributed by atoms with Crippen molar-refractivity contribution >= 4 is 32.3 Å². The number of rotatable bonds is 7. The Bertz CT molecular complexity index is 1370. The molecule has 0 saturated carbocycles. The minimum absolute atomic E-state index is 0.0148. The van der Waals surface area contributed by atoms with Crippen LogP contribution in [-0.2, 0) is 16.4 Å². The summed E-state index contributed by atoms with van der Waals surface area (Å²) in [4.78, 5) is 0. The second kappa shape index (κ2) is 9.49. The molecule has 0 aromatic heterocycles. The first-order valence-electron chi connectivity index (χ1n) is 11.9. The van der Waals surface area contributed by atoms with Crippen LogP contribution in [0.1, 0.15) is 35.6 Å². The molecule has 2 aliphatic heterocycles. The number of nitrogens with one attached hydrogen (secondary N) is 2. The summed E-state index contributed by atoms with van der Waals surface area (Å²) in [6.45, 7) is 1.41. The molecule has 1 fully saturated rings. The van der Waals surface area contributed by atoms with Crippen LogP contribution in [0.5, 0.6) is 5.75 Å². The SMILES string of the molecule is N=C(N)c1ccc2ccc(C3Cc4cc(OC5CCNCC5)ccc4N3S(=O)(=O)CCO)cc2c1. The number of nitrogens with zero attached hydrogens (tertiary/aromatic N) is 1. The zero-order valence-corrected chi connectivity index (χ0v) is 20.2. The Morgan fingerprint density at radius 1 is 1.09 bits per heavy atom. The van der Waals surface area contributed by atoms with E-state index in [0.717, 1.165) is 53.6 Å². The number of anilines is 1. The van der Waals surface area contributed by atoms with Crippen LogP contribution < -0.4 is 20.1 Å². The summed E-state index contributed by atoms with van der Waals surface area (Å²) in [5.41, 5.74) is 8.66. The fraction of sp³-hybridized carbons (Fsp3) is 0.346. The van der Waals surface area contributed by atoms with Crippen LogP contribution in [-0.4, -0.2) is 50.9 Å². The Kier molecular flexibility index (Phi) is 6.39. The molecule has 1 saturated heterocycles. The topological polar surface area (TPSA) is 129 Å². The van der Waals surface area contributed by atoms with Crippen molar-refractivity contribution in [2.24, 2.45) is 5.73 Å². The third kappa shape index (κ3) is 4.71. The Morgan fingerprint density at radius 2 is 1.86 bits per heavy atom. The number of amidine groups is 1. The molecule has 5 rings (SSSR count). The Labute approximate surface area is 205 Å². The van der Waals surface area contributed by atoms with Crippen molar-refractivity contribution in [3.8, 4) is 5.75 Å². The molecule has 2 aliphatic rings. The third-order valence-electron chi connectivity index (χ3n) is 6.78.